The van der Waals surface area contributed by atoms with Gasteiger partial charge < -0.3 is 11.1 Å². The molecule has 3 nitrogen and oxygen atoms in total. The van der Waals surface area contributed by atoms with Crippen LogP contribution >= 0.6 is 22.9 Å². The van der Waals surface area contributed by atoms with Gasteiger partial charge in [0.2, 0.25) is 0 Å². The second-order valence-electron chi connectivity index (χ2n) is 4.92. The van der Waals surface area contributed by atoms with Crippen molar-refractivity contribution in [3.05, 3.63) is 44.6 Å². The fourth-order valence-corrected chi connectivity index (χ4v) is 3.83. The van der Waals surface area contributed by atoms with Gasteiger partial charge in [-0.15, -0.1) is 11.3 Å². The lowest BCUT2D eigenvalue weighted by molar-refractivity contribution is 0.103. The average molecular weight is 307 g/mol. The minimum absolute atomic E-state index is 0.135. The first kappa shape index (κ1) is 13.5. The standard InChI is InChI=1S/C15H15ClN2OS/c16-10-5-3-6-11(17)14(10)18-15(19)13-8-9-4-1-2-7-12(9)20-13/h3,5-6,8H,1-2,4,7,17H2,(H,18,19). The summed E-state index contributed by atoms with van der Waals surface area (Å²) < 4.78 is 0. The molecule has 0 spiro atoms. The molecule has 1 aliphatic carbocycles. The Labute approximate surface area is 126 Å². The number of amides is 1. The molecule has 0 radical (unpaired) electrons. The number of nitrogens with one attached hydrogen (secondary N) is 1. The van der Waals surface area contributed by atoms with Crippen molar-refractivity contribution in [3.8, 4) is 0 Å². The van der Waals surface area contributed by atoms with Gasteiger partial charge in [-0.1, -0.05) is 17.7 Å². The lowest BCUT2D eigenvalue weighted by Gasteiger charge is -2.08. The molecule has 1 heterocycles. The zero-order chi connectivity index (χ0) is 14.1. The summed E-state index contributed by atoms with van der Waals surface area (Å²) in [4.78, 5) is 14.4. The number of rotatable bonds is 2. The van der Waals surface area contributed by atoms with Crippen molar-refractivity contribution in [1.29, 1.82) is 0 Å². The summed E-state index contributed by atoms with van der Waals surface area (Å²) in [6, 6.07) is 7.20. The lowest BCUT2D eigenvalue weighted by Crippen LogP contribution is -2.12. The van der Waals surface area contributed by atoms with Crippen LogP contribution < -0.4 is 11.1 Å². The monoisotopic (exact) mass is 306 g/mol. The summed E-state index contributed by atoms with van der Waals surface area (Å²) >= 11 is 7.65. The Morgan fingerprint density at radius 2 is 2.10 bits per heavy atom. The van der Waals surface area contributed by atoms with E-state index in [-0.39, 0.29) is 5.91 Å². The van der Waals surface area contributed by atoms with Crippen LogP contribution in [0.2, 0.25) is 5.02 Å². The van der Waals surface area contributed by atoms with E-state index in [4.69, 9.17) is 17.3 Å². The van der Waals surface area contributed by atoms with Crippen molar-refractivity contribution in [3.63, 3.8) is 0 Å². The Morgan fingerprint density at radius 3 is 2.85 bits per heavy atom. The highest BCUT2D eigenvalue weighted by molar-refractivity contribution is 7.14. The quantitative estimate of drug-likeness (QED) is 0.820. The number of hydrogen-bond donors (Lipinski definition) is 2. The van der Waals surface area contributed by atoms with Crippen LogP contribution in [-0.4, -0.2) is 5.91 Å². The summed E-state index contributed by atoms with van der Waals surface area (Å²) in [5, 5.41) is 3.28. The van der Waals surface area contributed by atoms with Gasteiger partial charge in [-0.25, -0.2) is 0 Å². The fraction of sp³-hybridized carbons (Fsp3) is 0.267. The number of aryl methyl sites for hydroxylation is 2. The zero-order valence-corrected chi connectivity index (χ0v) is 12.5. The molecule has 104 valence electrons. The predicted molar refractivity (Wildman–Crippen MR) is 84.8 cm³/mol. The van der Waals surface area contributed by atoms with E-state index in [2.05, 4.69) is 5.32 Å². The van der Waals surface area contributed by atoms with Crippen molar-refractivity contribution in [2.24, 2.45) is 0 Å². The van der Waals surface area contributed by atoms with Crippen LogP contribution in [0.3, 0.4) is 0 Å². The maximum atomic E-state index is 12.3. The van der Waals surface area contributed by atoms with Gasteiger partial charge in [0, 0.05) is 4.88 Å². The second kappa shape index (κ2) is 5.46. The third kappa shape index (κ3) is 2.53. The van der Waals surface area contributed by atoms with E-state index < -0.39 is 0 Å². The van der Waals surface area contributed by atoms with Crippen LogP contribution in [-0.2, 0) is 12.8 Å². The molecule has 0 aliphatic heterocycles. The third-order valence-electron chi connectivity index (χ3n) is 3.50. The van der Waals surface area contributed by atoms with Gasteiger partial charge >= 0.3 is 0 Å². The molecule has 3 N–H and O–H groups in total. The summed E-state index contributed by atoms with van der Waals surface area (Å²) in [5.41, 5.74) is 8.14. The number of anilines is 2. The Hall–Kier alpha value is -1.52. The van der Waals surface area contributed by atoms with Crippen LogP contribution in [0.15, 0.2) is 24.3 Å². The van der Waals surface area contributed by atoms with Gasteiger partial charge in [0.1, 0.15) is 0 Å². The van der Waals surface area contributed by atoms with Gasteiger partial charge in [0.25, 0.3) is 5.91 Å². The van der Waals surface area contributed by atoms with Crippen molar-refractivity contribution >= 4 is 40.2 Å². The van der Waals surface area contributed by atoms with Gasteiger partial charge in [-0.2, -0.15) is 0 Å². The van der Waals surface area contributed by atoms with Crippen LogP contribution in [0, 0.1) is 0 Å². The first-order valence-corrected chi connectivity index (χ1v) is 7.81. The largest absolute Gasteiger partial charge is 0.397 e. The summed E-state index contributed by atoms with van der Waals surface area (Å²) in [6.45, 7) is 0. The first-order chi connectivity index (χ1) is 9.65. The average Bonchev–Trinajstić information content (AvgIpc) is 2.87. The second-order valence-corrected chi connectivity index (χ2v) is 6.47. The smallest absolute Gasteiger partial charge is 0.265 e. The Bertz CT molecular complexity index is 622. The van der Waals surface area contributed by atoms with E-state index in [0.717, 1.165) is 17.7 Å². The molecule has 20 heavy (non-hydrogen) atoms. The minimum atomic E-state index is -0.135. The molecule has 5 heteroatoms. The lowest BCUT2D eigenvalue weighted by atomic mass is 9.99. The number of nitrogen functional groups attached to an aromatic ring is 1. The number of carbonyl (C=O) groups excluding carboxylic acids is 1. The number of nitrogens with two attached hydrogens (primary N) is 1. The Balaban J connectivity index is 1.84. The van der Waals surface area contributed by atoms with Crippen molar-refractivity contribution in [1.82, 2.24) is 0 Å². The van der Waals surface area contributed by atoms with E-state index in [9.17, 15) is 4.79 Å². The molecule has 0 saturated carbocycles. The highest BCUT2D eigenvalue weighted by atomic mass is 35.5. The molecule has 0 bridgehead atoms. The van der Waals surface area contributed by atoms with Gasteiger partial charge in [0.15, 0.2) is 0 Å². The number of hydrogen-bond acceptors (Lipinski definition) is 3. The summed E-state index contributed by atoms with van der Waals surface area (Å²) in [5.74, 6) is -0.135. The molecule has 1 aromatic heterocycles. The van der Waals surface area contributed by atoms with E-state index in [0.29, 0.717) is 16.4 Å². The first-order valence-electron chi connectivity index (χ1n) is 6.62. The molecule has 0 fully saturated rings. The van der Waals surface area contributed by atoms with Crippen LogP contribution in [0.1, 0.15) is 33.0 Å². The topological polar surface area (TPSA) is 55.1 Å². The van der Waals surface area contributed by atoms with Crippen molar-refractivity contribution < 1.29 is 4.79 Å². The van der Waals surface area contributed by atoms with E-state index >= 15 is 0 Å². The third-order valence-corrected chi connectivity index (χ3v) is 5.06. The number of fused-ring (bicyclic) bond motifs is 1. The molecule has 1 aromatic carbocycles. The molecule has 1 aliphatic rings. The van der Waals surface area contributed by atoms with Crippen LogP contribution in [0.5, 0.6) is 0 Å². The Morgan fingerprint density at radius 1 is 1.30 bits per heavy atom. The fourth-order valence-electron chi connectivity index (χ4n) is 2.45. The molecular weight excluding hydrogens is 292 g/mol. The summed E-state index contributed by atoms with van der Waals surface area (Å²) in [7, 11) is 0. The number of thiophene rings is 1. The van der Waals surface area contributed by atoms with Gasteiger partial charge in [-0.3, -0.25) is 4.79 Å². The molecule has 3 rings (SSSR count). The normalized spacial score (nSPS) is 13.8. The molecule has 1 amide bonds. The highest BCUT2D eigenvalue weighted by Gasteiger charge is 2.18. The van der Waals surface area contributed by atoms with E-state index in [1.165, 1.54) is 23.3 Å². The van der Waals surface area contributed by atoms with Crippen molar-refractivity contribution in [2.75, 3.05) is 11.1 Å². The number of halogens is 1. The molecule has 2 aromatic rings. The molecule has 0 atom stereocenters. The van der Waals surface area contributed by atoms with Crippen molar-refractivity contribution in [2.45, 2.75) is 25.7 Å². The molecule has 0 unspecified atom stereocenters. The number of carbonyl (C=O) groups is 1. The predicted octanol–water partition coefficient (Wildman–Crippen LogP) is 4.11. The molecule has 0 saturated heterocycles. The molecular formula is C15H15ClN2OS. The zero-order valence-electron chi connectivity index (χ0n) is 10.9. The highest BCUT2D eigenvalue weighted by Crippen LogP contribution is 2.32. The maximum Gasteiger partial charge on any atom is 0.265 e. The van der Waals surface area contributed by atoms with Crippen LogP contribution in [0.4, 0.5) is 11.4 Å². The van der Waals surface area contributed by atoms with Gasteiger partial charge in [-0.05, 0) is 49.4 Å². The van der Waals surface area contributed by atoms with Crippen LogP contribution in [0.25, 0.3) is 0 Å². The van der Waals surface area contributed by atoms with E-state index in [1.807, 2.05) is 6.07 Å². The number of para-hydroxylation sites is 1. The SMILES string of the molecule is Nc1cccc(Cl)c1NC(=O)c1cc2c(s1)CCCC2. The van der Waals surface area contributed by atoms with E-state index in [1.54, 1.807) is 29.5 Å². The maximum absolute atomic E-state index is 12.3. The summed E-state index contributed by atoms with van der Waals surface area (Å²) in [6.07, 6.45) is 4.59. The number of benzene rings is 1. The minimum Gasteiger partial charge on any atom is -0.397 e. The Kier molecular flexibility index (Phi) is 3.68. The van der Waals surface area contributed by atoms with Gasteiger partial charge in [0.05, 0.1) is 21.3 Å².